The van der Waals surface area contributed by atoms with Gasteiger partial charge in [-0.25, -0.2) is 0 Å². The van der Waals surface area contributed by atoms with Crippen molar-refractivity contribution in [2.45, 2.75) is 38.6 Å². The van der Waals surface area contributed by atoms with Crippen LogP contribution in [0.15, 0.2) is 48.5 Å². The van der Waals surface area contributed by atoms with Crippen molar-refractivity contribution in [3.8, 4) is 0 Å². The van der Waals surface area contributed by atoms with E-state index in [1.807, 2.05) is 37.3 Å². The van der Waals surface area contributed by atoms with E-state index in [9.17, 15) is 14.7 Å². The van der Waals surface area contributed by atoms with Gasteiger partial charge in [0.25, 0.3) is 0 Å². The first-order valence-electron chi connectivity index (χ1n) is 8.75. The highest BCUT2D eigenvalue weighted by atomic mass is 16.4. The molecule has 0 bridgehead atoms. The van der Waals surface area contributed by atoms with Crippen LogP contribution < -0.4 is 5.32 Å². The van der Waals surface area contributed by atoms with Crippen molar-refractivity contribution < 1.29 is 14.7 Å². The molecule has 1 aliphatic carbocycles. The van der Waals surface area contributed by atoms with E-state index in [1.54, 1.807) is 6.08 Å². The number of rotatable bonds is 4. The lowest BCUT2D eigenvalue weighted by Crippen LogP contribution is -2.44. The Morgan fingerprint density at radius 2 is 1.80 bits per heavy atom. The summed E-state index contributed by atoms with van der Waals surface area (Å²) in [6.07, 6.45) is 4.80. The molecule has 1 fully saturated rings. The number of carbonyl (C=O) groups is 2. The number of hydrogen-bond acceptors (Lipinski definition) is 2. The fourth-order valence-corrected chi connectivity index (χ4v) is 3.54. The maximum absolute atomic E-state index is 12.3. The maximum Gasteiger partial charge on any atom is 0.308 e. The van der Waals surface area contributed by atoms with Crippen LogP contribution in [0.25, 0.3) is 16.3 Å². The molecule has 1 aliphatic rings. The minimum absolute atomic E-state index is 0.219. The van der Waals surface area contributed by atoms with Crippen molar-refractivity contribution in [3.63, 3.8) is 0 Å². The van der Waals surface area contributed by atoms with E-state index in [1.165, 1.54) is 0 Å². The number of allylic oxidation sites excluding steroid dienone is 1. The number of nitrogens with one attached hydrogen (secondary N) is 1. The van der Waals surface area contributed by atoms with Crippen molar-refractivity contribution in [1.29, 1.82) is 0 Å². The molecule has 0 unspecified atom stereocenters. The lowest BCUT2D eigenvalue weighted by atomic mass is 9.84. The third kappa shape index (κ3) is 4.08. The Hall–Kier alpha value is -2.62. The summed E-state index contributed by atoms with van der Waals surface area (Å²) >= 11 is 0. The highest BCUT2D eigenvalue weighted by Crippen LogP contribution is 2.25. The second kappa shape index (κ2) is 7.51. The van der Waals surface area contributed by atoms with Crippen LogP contribution in [0.1, 0.15) is 38.2 Å². The summed E-state index contributed by atoms with van der Waals surface area (Å²) < 4.78 is 0. The second-order valence-corrected chi connectivity index (χ2v) is 6.73. The van der Waals surface area contributed by atoms with E-state index in [-0.39, 0.29) is 11.9 Å². The fraction of sp³-hybridized carbons (Fsp3) is 0.333. The summed E-state index contributed by atoms with van der Waals surface area (Å²) in [5.74, 6) is -1.52. The van der Waals surface area contributed by atoms with Crippen LogP contribution in [0, 0.1) is 5.92 Å². The van der Waals surface area contributed by atoms with Gasteiger partial charge < -0.3 is 10.4 Å². The number of carboxylic acids is 1. The van der Waals surface area contributed by atoms with Crippen LogP contribution in [0.2, 0.25) is 0 Å². The highest BCUT2D eigenvalue weighted by molar-refractivity contribution is 5.96. The molecule has 0 radical (unpaired) electrons. The van der Waals surface area contributed by atoms with E-state index >= 15 is 0 Å². The monoisotopic (exact) mass is 337 g/mol. The molecular weight excluding hydrogens is 314 g/mol. The lowest BCUT2D eigenvalue weighted by molar-refractivity contribution is -0.144. The van der Waals surface area contributed by atoms with Gasteiger partial charge >= 0.3 is 5.97 Å². The number of aliphatic carboxylic acids is 1. The third-order valence-corrected chi connectivity index (χ3v) is 4.96. The molecule has 2 aromatic carbocycles. The van der Waals surface area contributed by atoms with Gasteiger partial charge in [0.05, 0.1) is 5.92 Å². The van der Waals surface area contributed by atoms with Crippen LogP contribution in [0.3, 0.4) is 0 Å². The Labute approximate surface area is 147 Å². The molecule has 0 saturated heterocycles. The van der Waals surface area contributed by atoms with Crippen LogP contribution in [0.4, 0.5) is 0 Å². The minimum Gasteiger partial charge on any atom is -0.481 e. The van der Waals surface area contributed by atoms with Crippen molar-refractivity contribution in [3.05, 3.63) is 54.1 Å². The van der Waals surface area contributed by atoms with Gasteiger partial charge in [-0.3, -0.25) is 9.59 Å². The molecule has 0 aromatic heterocycles. The molecule has 1 saturated carbocycles. The molecule has 2 aromatic rings. The van der Waals surface area contributed by atoms with Crippen LogP contribution in [0.5, 0.6) is 0 Å². The number of carbonyl (C=O) groups excluding carboxylic acids is 1. The predicted octanol–water partition coefficient (Wildman–Crippen LogP) is 4.00. The Bertz CT molecular complexity index is 825. The first-order valence-corrected chi connectivity index (χ1v) is 8.75. The highest BCUT2D eigenvalue weighted by Gasteiger charge is 2.31. The van der Waals surface area contributed by atoms with E-state index in [2.05, 4.69) is 17.4 Å². The molecule has 1 amide bonds. The Morgan fingerprint density at radius 3 is 2.56 bits per heavy atom. The Balaban J connectivity index is 1.74. The number of benzene rings is 2. The zero-order chi connectivity index (χ0) is 17.8. The first-order chi connectivity index (χ1) is 12.0. The number of amides is 1. The van der Waals surface area contributed by atoms with E-state index in [4.69, 9.17) is 0 Å². The lowest BCUT2D eigenvalue weighted by Gasteiger charge is -2.28. The molecular formula is C21H23NO3. The maximum atomic E-state index is 12.3. The van der Waals surface area contributed by atoms with Crippen molar-refractivity contribution in [2.75, 3.05) is 0 Å². The quantitative estimate of drug-likeness (QED) is 0.829. The second-order valence-electron chi connectivity index (χ2n) is 6.73. The van der Waals surface area contributed by atoms with Gasteiger partial charge in [-0.1, -0.05) is 49.2 Å². The third-order valence-electron chi connectivity index (χ3n) is 4.96. The molecule has 2 atom stereocenters. The minimum atomic E-state index is -0.819. The summed E-state index contributed by atoms with van der Waals surface area (Å²) in [6.45, 7) is 1.90. The molecule has 4 heteroatoms. The van der Waals surface area contributed by atoms with Gasteiger partial charge in [0.1, 0.15) is 0 Å². The van der Waals surface area contributed by atoms with Gasteiger partial charge in [0.2, 0.25) is 5.91 Å². The Kier molecular flexibility index (Phi) is 5.17. The van der Waals surface area contributed by atoms with Crippen molar-refractivity contribution in [1.82, 2.24) is 5.32 Å². The van der Waals surface area contributed by atoms with Gasteiger partial charge in [-0.2, -0.15) is 0 Å². The normalized spacial score (nSPS) is 21.1. The molecule has 3 rings (SSSR count). The van der Waals surface area contributed by atoms with Crippen molar-refractivity contribution in [2.24, 2.45) is 5.92 Å². The van der Waals surface area contributed by atoms with Gasteiger partial charge in [0.15, 0.2) is 0 Å². The SMILES string of the molecule is C/C(=C/C(=O)N[C@@H]1CCCC[C@@H]1C(=O)O)c1ccc2ccccc2c1. The number of hydrogen-bond donors (Lipinski definition) is 2. The first kappa shape index (κ1) is 17.2. The average molecular weight is 337 g/mol. The molecule has 25 heavy (non-hydrogen) atoms. The van der Waals surface area contributed by atoms with Gasteiger partial charge in [0, 0.05) is 12.1 Å². The molecule has 130 valence electrons. The van der Waals surface area contributed by atoms with Gasteiger partial charge in [-0.15, -0.1) is 0 Å². The summed E-state index contributed by atoms with van der Waals surface area (Å²) in [6, 6.07) is 13.9. The van der Waals surface area contributed by atoms with Crippen molar-refractivity contribution >= 4 is 28.2 Å². The van der Waals surface area contributed by atoms with Crippen LogP contribution >= 0.6 is 0 Å². The molecule has 4 nitrogen and oxygen atoms in total. The topological polar surface area (TPSA) is 66.4 Å². The molecule has 0 aliphatic heterocycles. The molecule has 2 N–H and O–H groups in total. The van der Waals surface area contributed by atoms with Crippen LogP contribution in [-0.4, -0.2) is 23.0 Å². The average Bonchev–Trinajstić information content (AvgIpc) is 2.61. The zero-order valence-electron chi connectivity index (χ0n) is 14.4. The van der Waals surface area contributed by atoms with E-state index in [0.717, 1.165) is 41.2 Å². The summed E-state index contributed by atoms with van der Waals surface area (Å²) in [4.78, 5) is 23.7. The standard InChI is InChI=1S/C21H23NO3/c1-14(16-11-10-15-6-2-3-7-17(15)13-16)12-20(23)22-19-9-5-4-8-18(19)21(24)25/h2-3,6-7,10-13,18-19H,4-5,8-9H2,1H3,(H,22,23)(H,24,25)/b14-12-/t18-,19+/m0/s1. The largest absolute Gasteiger partial charge is 0.481 e. The number of fused-ring (bicyclic) bond motifs is 1. The van der Waals surface area contributed by atoms with Crippen LogP contribution in [-0.2, 0) is 9.59 Å². The smallest absolute Gasteiger partial charge is 0.308 e. The Morgan fingerprint density at radius 1 is 1.08 bits per heavy atom. The fourth-order valence-electron chi connectivity index (χ4n) is 3.54. The summed E-state index contributed by atoms with van der Waals surface area (Å²) in [7, 11) is 0. The molecule has 0 heterocycles. The summed E-state index contributed by atoms with van der Waals surface area (Å²) in [5, 5.41) is 14.5. The van der Waals surface area contributed by atoms with E-state index < -0.39 is 11.9 Å². The zero-order valence-corrected chi connectivity index (χ0v) is 14.4. The van der Waals surface area contributed by atoms with E-state index in [0.29, 0.717) is 6.42 Å². The summed E-state index contributed by atoms with van der Waals surface area (Å²) in [5.41, 5.74) is 1.86. The molecule has 0 spiro atoms. The number of carboxylic acid groups (broad SMARTS) is 1. The predicted molar refractivity (Wildman–Crippen MR) is 99.1 cm³/mol. The van der Waals surface area contributed by atoms with Gasteiger partial charge in [-0.05, 0) is 47.7 Å².